The van der Waals surface area contributed by atoms with Gasteiger partial charge in [-0.3, -0.25) is 4.79 Å². The molecule has 0 fully saturated rings. The zero-order chi connectivity index (χ0) is 10.6. The minimum Gasteiger partial charge on any atom is -0.353 e. The van der Waals surface area contributed by atoms with Crippen LogP contribution in [0.5, 0.6) is 0 Å². The molecule has 0 aromatic carbocycles. The summed E-state index contributed by atoms with van der Waals surface area (Å²) >= 11 is 0. The van der Waals surface area contributed by atoms with Crippen LogP contribution in [0.15, 0.2) is 18.5 Å². The lowest BCUT2D eigenvalue weighted by atomic mass is 10.1. The second-order valence-electron chi connectivity index (χ2n) is 4.16. The van der Waals surface area contributed by atoms with Crippen LogP contribution in [-0.4, -0.2) is 10.4 Å². The second-order valence-corrected chi connectivity index (χ2v) is 4.16. The predicted octanol–water partition coefficient (Wildman–Crippen LogP) is 3.13. The molecule has 2 nitrogen and oxygen atoms in total. The maximum Gasteiger partial charge on any atom is 0.164 e. The molecule has 14 heavy (non-hydrogen) atoms. The van der Waals surface area contributed by atoms with Gasteiger partial charge in [-0.05, 0) is 18.4 Å². The number of nitrogens with zero attached hydrogens (tertiary/aromatic N) is 1. The minimum absolute atomic E-state index is 0.259. The molecule has 1 aromatic heterocycles. The third-order valence-corrected chi connectivity index (χ3v) is 2.13. The zero-order valence-corrected chi connectivity index (χ0v) is 9.29. The summed E-state index contributed by atoms with van der Waals surface area (Å²) in [6.07, 6.45) is 5.53. The molecule has 78 valence electrons. The first kappa shape index (κ1) is 11.0. The van der Waals surface area contributed by atoms with Crippen molar-refractivity contribution in [3.63, 3.8) is 0 Å². The Bertz CT molecular complexity index is 299. The standard InChI is InChI=1S/C12H19NO/c1-4-5-12(14)11-6-7-13(9-11)8-10(2)3/h6-7,9-10H,4-5,8H2,1-3H3. The van der Waals surface area contributed by atoms with Gasteiger partial charge in [0.25, 0.3) is 0 Å². The number of rotatable bonds is 5. The van der Waals surface area contributed by atoms with Gasteiger partial charge in [0.15, 0.2) is 5.78 Å². The van der Waals surface area contributed by atoms with Crippen molar-refractivity contribution in [2.24, 2.45) is 5.92 Å². The molecule has 0 aliphatic rings. The molecule has 0 aliphatic carbocycles. The van der Waals surface area contributed by atoms with Crippen molar-refractivity contribution in [2.45, 2.75) is 40.2 Å². The van der Waals surface area contributed by atoms with Crippen LogP contribution >= 0.6 is 0 Å². The van der Waals surface area contributed by atoms with Crippen molar-refractivity contribution in [3.05, 3.63) is 24.0 Å². The normalized spacial score (nSPS) is 10.9. The Labute approximate surface area is 85.9 Å². The summed E-state index contributed by atoms with van der Waals surface area (Å²) in [6.45, 7) is 7.36. The molecular weight excluding hydrogens is 174 g/mol. The molecule has 0 N–H and O–H groups in total. The van der Waals surface area contributed by atoms with E-state index in [-0.39, 0.29) is 5.78 Å². The fourth-order valence-electron chi connectivity index (χ4n) is 1.51. The van der Waals surface area contributed by atoms with E-state index in [1.165, 1.54) is 0 Å². The summed E-state index contributed by atoms with van der Waals surface area (Å²) in [5, 5.41) is 0. The van der Waals surface area contributed by atoms with E-state index in [0.717, 1.165) is 18.5 Å². The fraction of sp³-hybridized carbons (Fsp3) is 0.583. The first-order valence-corrected chi connectivity index (χ1v) is 5.32. The molecule has 0 unspecified atom stereocenters. The topological polar surface area (TPSA) is 22.0 Å². The number of hydrogen-bond acceptors (Lipinski definition) is 1. The van der Waals surface area contributed by atoms with Crippen LogP contribution in [0, 0.1) is 5.92 Å². The second kappa shape index (κ2) is 4.99. The lowest BCUT2D eigenvalue weighted by molar-refractivity contribution is 0.0981. The van der Waals surface area contributed by atoms with E-state index in [0.29, 0.717) is 12.3 Å². The average Bonchev–Trinajstić information content (AvgIpc) is 2.52. The SMILES string of the molecule is CCCC(=O)c1ccn(CC(C)C)c1. The van der Waals surface area contributed by atoms with Gasteiger partial charge in [-0.15, -0.1) is 0 Å². The van der Waals surface area contributed by atoms with Crippen molar-refractivity contribution in [1.82, 2.24) is 4.57 Å². The minimum atomic E-state index is 0.259. The van der Waals surface area contributed by atoms with Gasteiger partial charge in [0.05, 0.1) is 0 Å². The number of Topliss-reactive ketones (excluding diaryl/α,β-unsaturated/α-hetero) is 1. The Morgan fingerprint density at radius 3 is 2.79 bits per heavy atom. The highest BCUT2D eigenvalue weighted by atomic mass is 16.1. The molecule has 0 saturated heterocycles. The summed E-state index contributed by atoms with van der Waals surface area (Å²) in [4.78, 5) is 11.5. The van der Waals surface area contributed by atoms with Gasteiger partial charge in [-0.2, -0.15) is 0 Å². The van der Waals surface area contributed by atoms with Gasteiger partial charge in [-0.1, -0.05) is 20.8 Å². The van der Waals surface area contributed by atoms with Crippen LogP contribution in [0.1, 0.15) is 44.0 Å². The summed E-state index contributed by atoms with van der Waals surface area (Å²) < 4.78 is 2.09. The first-order chi connectivity index (χ1) is 6.63. The molecule has 1 heterocycles. The molecule has 0 atom stereocenters. The highest BCUT2D eigenvalue weighted by molar-refractivity contribution is 5.95. The maximum atomic E-state index is 11.5. The molecule has 0 amide bonds. The number of aromatic nitrogens is 1. The van der Waals surface area contributed by atoms with E-state index in [1.54, 1.807) is 0 Å². The van der Waals surface area contributed by atoms with E-state index in [1.807, 2.05) is 25.4 Å². The molecule has 0 spiro atoms. The van der Waals surface area contributed by atoms with Crippen LogP contribution in [0.2, 0.25) is 0 Å². The summed E-state index contributed by atoms with van der Waals surface area (Å²) in [5.74, 6) is 0.881. The van der Waals surface area contributed by atoms with Gasteiger partial charge < -0.3 is 4.57 Å². The third kappa shape index (κ3) is 3.02. The highest BCUT2D eigenvalue weighted by Gasteiger charge is 2.06. The third-order valence-electron chi connectivity index (χ3n) is 2.13. The Morgan fingerprint density at radius 1 is 1.50 bits per heavy atom. The van der Waals surface area contributed by atoms with Crippen molar-refractivity contribution >= 4 is 5.78 Å². The molecule has 1 rings (SSSR count). The van der Waals surface area contributed by atoms with E-state index in [4.69, 9.17) is 0 Å². The molecule has 0 aliphatic heterocycles. The quantitative estimate of drug-likeness (QED) is 0.658. The molecule has 0 saturated carbocycles. The molecular formula is C12H19NO. The number of hydrogen-bond donors (Lipinski definition) is 0. The van der Waals surface area contributed by atoms with Crippen molar-refractivity contribution < 1.29 is 4.79 Å². The summed E-state index contributed by atoms with van der Waals surface area (Å²) in [5.41, 5.74) is 0.854. The number of carbonyl (C=O) groups is 1. The van der Waals surface area contributed by atoms with Crippen LogP contribution in [0.25, 0.3) is 0 Å². The van der Waals surface area contributed by atoms with Gasteiger partial charge in [0.1, 0.15) is 0 Å². The number of carbonyl (C=O) groups excluding carboxylic acids is 1. The number of ketones is 1. The molecule has 0 radical (unpaired) electrons. The van der Waals surface area contributed by atoms with E-state index >= 15 is 0 Å². The Balaban J connectivity index is 2.63. The van der Waals surface area contributed by atoms with Crippen molar-refractivity contribution in [1.29, 1.82) is 0 Å². The van der Waals surface area contributed by atoms with Gasteiger partial charge in [0, 0.05) is 30.9 Å². The van der Waals surface area contributed by atoms with Crippen LogP contribution in [-0.2, 0) is 6.54 Å². The predicted molar refractivity (Wildman–Crippen MR) is 58.5 cm³/mol. The van der Waals surface area contributed by atoms with Crippen LogP contribution in [0.3, 0.4) is 0 Å². The van der Waals surface area contributed by atoms with Crippen molar-refractivity contribution in [2.75, 3.05) is 0 Å². The van der Waals surface area contributed by atoms with Crippen LogP contribution in [0.4, 0.5) is 0 Å². The molecule has 2 heteroatoms. The lowest BCUT2D eigenvalue weighted by Crippen LogP contribution is -2.02. The average molecular weight is 193 g/mol. The van der Waals surface area contributed by atoms with Crippen molar-refractivity contribution in [3.8, 4) is 0 Å². The summed E-state index contributed by atoms with van der Waals surface area (Å²) in [7, 11) is 0. The highest BCUT2D eigenvalue weighted by Crippen LogP contribution is 2.08. The van der Waals surface area contributed by atoms with Gasteiger partial charge in [-0.25, -0.2) is 0 Å². The zero-order valence-electron chi connectivity index (χ0n) is 9.29. The Morgan fingerprint density at radius 2 is 2.21 bits per heavy atom. The fourth-order valence-corrected chi connectivity index (χ4v) is 1.51. The van der Waals surface area contributed by atoms with Gasteiger partial charge in [0.2, 0.25) is 0 Å². The maximum absolute atomic E-state index is 11.5. The lowest BCUT2D eigenvalue weighted by Gasteiger charge is -2.04. The van der Waals surface area contributed by atoms with E-state index < -0.39 is 0 Å². The van der Waals surface area contributed by atoms with Crippen LogP contribution < -0.4 is 0 Å². The Kier molecular flexibility index (Phi) is 3.93. The molecule has 1 aromatic rings. The summed E-state index contributed by atoms with van der Waals surface area (Å²) in [6, 6.07) is 1.92. The van der Waals surface area contributed by atoms with E-state index in [2.05, 4.69) is 18.4 Å². The largest absolute Gasteiger partial charge is 0.353 e. The molecule has 0 bridgehead atoms. The Hall–Kier alpha value is -1.05. The monoisotopic (exact) mass is 193 g/mol. The van der Waals surface area contributed by atoms with Gasteiger partial charge >= 0.3 is 0 Å². The van der Waals surface area contributed by atoms with E-state index in [9.17, 15) is 4.79 Å². The first-order valence-electron chi connectivity index (χ1n) is 5.32. The smallest absolute Gasteiger partial charge is 0.164 e.